The first-order valence-corrected chi connectivity index (χ1v) is 9.76. The van der Waals surface area contributed by atoms with E-state index < -0.39 is 0 Å². The van der Waals surface area contributed by atoms with Gasteiger partial charge in [-0.3, -0.25) is 14.5 Å². The van der Waals surface area contributed by atoms with Crippen molar-refractivity contribution < 1.29 is 14.3 Å². The molecule has 2 saturated heterocycles. The molecule has 1 aromatic rings. The van der Waals surface area contributed by atoms with Gasteiger partial charge in [0.15, 0.2) is 0 Å². The maximum absolute atomic E-state index is 12.7. The molecule has 0 spiro atoms. The quantitative estimate of drug-likeness (QED) is 0.796. The number of nitrogens with zero attached hydrogens (tertiary/aromatic N) is 4. The monoisotopic (exact) mass is 374 g/mol. The van der Waals surface area contributed by atoms with Gasteiger partial charge in [-0.2, -0.15) is 0 Å². The third kappa shape index (κ3) is 4.77. The molecule has 7 nitrogen and oxygen atoms in total. The fraction of sp³-hybridized carbons (Fsp3) is 0.650. The first-order chi connectivity index (χ1) is 13.0. The van der Waals surface area contributed by atoms with Crippen LogP contribution in [0.15, 0.2) is 18.3 Å². The van der Waals surface area contributed by atoms with E-state index in [2.05, 4.69) is 23.7 Å². The molecule has 0 radical (unpaired) electrons. The number of rotatable bonds is 4. The van der Waals surface area contributed by atoms with Crippen molar-refractivity contribution in [3.63, 3.8) is 0 Å². The van der Waals surface area contributed by atoms with Crippen LogP contribution in [0.3, 0.4) is 0 Å². The lowest BCUT2D eigenvalue weighted by Crippen LogP contribution is -2.53. The van der Waals surface area contributed by atoms with Crippen molar-refractivity contribution in [3.8, 4) is 5.88 Å². The molecule has 27 heavy (non-hydrogen) atoms. The predicted octanol–water partition coefficient (Wildman–Crippen LogP) is 1.35. The highest BCUT2D eigenvalue weighted by Crippen LogP contribution is 2.21. The largest absolute Gasteiger partial charge is 0.480 e. The summed E-state index contributed by atoms with van der Waals surface area (Å²) in [5, 5.41) is 0. The minimum atomic E-state index is -0.0652. The third-order valence-electron chi connectivity index (χ3n) is 5.43. The molecular formula is C20H30N4O3. The van der Waals surface area contributed by atoms with E-state index in [9.17, 15) is 9.59 Å². The number of ether oxygens (including phenoxy) is 1. The van der Waals surface area contributed by atoms with Gasteiger partial charge in [-0.05, 0) is 30.4 Å². The fourth-order valence-corrected chi connectivity index (χ4v) is 4.15. The number of hydrogen-bond acceptors (Lipinski definition) is 5. The maximum atomic E-state index is 12.7. The highest BCUT2D eigenvalue weighted by Gasteiger charge is 2.29. The van der Waals surface area contributed by atoms with Crippen molar-refractivity contribution in [1.29, 1.82) is 0 Å². The van der Waals surface area contributed by atoms with E-state index in [0.717, 1.165) is 13.1 Å². The summed E-state index contributed by atoms with van der Waals surface area (Å²) in [6, 6.07) is 3.48. The molecule has 0 N–H and O–H groups in total. The van der Waals surface area contributed by atoms with Crippen LogP contribution in [-0.4, -0.2) is 84.4 Å². The van der Waals surface area contributed by atoms with Crippen molar-refractivity contribution in [2.75, 3.05) is 52.9 Å². The Hall–Kier alpha value is -2.15. The van der Waals surface area contributed by atoms with Crippen molar-refractivity contribution in [1.82, 2.24) is 19.7 Å². The minimum absolute atomic E-state index is 0.0652. The summed E-state index contributed by atoms with van der Waals surface area (Å²) >= 11 is 0. The Labute approximate surface area is 161 Å². The van der Waals surface area contributed by atoms with E-state index >= 15 is 0 Å². The second kappa shape index (κ2) is 8.69. The Bertz CT molecular complexity index is 663. The minimum Gasteiger partial charge on any atom is -0.480 e. The number of carbonyl (C=O) groups is 2. The number of carbonyl (C=O) groups excluding carboxylic acids is 2. The summed E-state index contributed by atoms with van der Waals surface area (Å²) in [6.07, 6.45) is 2.81. The molecule has 2 atom stereocenters. The Morgan fingerprint density at radius 3 is 2.41 bits per heavy atom. The van der Waals surface area contributed by atoms with Gasteiger partial charge in [0.05, 0.1) is 13.7 Å². The first kappa shape index (κ1) is 19.6. The Morgan fingerprint density at radius 1 is 1.11 bits per heavy atom. The Kier molecular flexibility index (Phi) is 6.31. The SMILES string of the molecule is COc1ncccc1C(=O)N1CCN(CC(=O)N2CC(C)CC(C)C2)CC1. The number of hydrogen-bond donors (Lipinski definition) is 0. The lowest BCUT2D eigenvalue weighted by Gasteiger charge is -2.38. The van der Waals surface area contributed by atoms with E-state index in [1.54, 1.807) is 18.3 Å². The van der Waals surface area contributed by atoms with E-state index in [1.165, 1.54) is 13.5 Å². The summed E-state index contributed by atoms with van der Waals surface area (Å²) in [5.41, 5.74) is 0.487. The van der Waals surface area contributed by atoms with Crippen LogP contribution in [0.1, 0.15) is 30.6 Å². The molecule has 3 heterocycles. The number of pyridine rings is 1. The molecule has 2 fully saturated rings. The number of amides is 2. The number of piperazine rings is 1. The van der Waals surface area contributed by atoms with Crippen LogP contribution in [0.5, 0.6) is 5.88 Å². The highest BCUT2D eigenvalue weighted by molar-refractivity contribution is 5.96. The van der Waals surface area contributed by atoms with E-state index in [4.69, 9.17) is 4.74 Å². The molecule has 0 aromatic carbocycles. The first-order valence-electron chi connectivity index (χ1n) is 9.76. The second-order valence-electron chi connectivity index (χ2n) is 7.87. The average molecular weight is 374 g/mol. The molecule has 2 aliphatic rings. The molecule has 7 heteroatoms. The van der Waals surface area contributed by atoms with E-state index in [0.29, 0.717) is 56.0 Å². The van der Waals surface area contributed by atoms with Crippen molar-refractivity contribution in [3.05, 3.63) is 23.9 Å². The fourth-order valence-electron chi connectivity index (χ4n) is 4.15. The molecule has 0 saturated carbocycles. The topological polar surface area (TPSA) is 66.0 Å². The molecule has 0 aliphatic carbocycles. The normalized spacial score (nSPS) is 24.0. The van der Waals surface area contributed by atoms with Crippen molar-refractivity contribution in [2.24, 2.45) is 11.8 Å². The zero-order valence-electron chi connectivity index (χ0n) is 16.6. The van der Waals surface area contributed by atoms with Crippen LogP contribution < -0.4 is 4.74 Å². The lowest BCUT2D eigenvalue weighted by atomic mass is 9.92. The predicted molar refractivity (Wildman–Crippen MR) is 103 cm³/mol. The number of piperidine rings is 1. The molecule has 0 bridgehead atoms. The van der Waals surface area contributed by atoms with Crippen LogP contribution in [-0.2, 0) is 4.79 Å². The molecule has 2 unspecified atom stereocenters. The van der Waals surface area contributed by atoms with Crippen LogP contribution in [0.4, 0.5) is 0 Å². The summed E-state index contributed by atoms with van der Waals surface area (Å²) in [6.45, 7) is 9.23. The molecule has 148 valence electrons. The van der Waals surface area contributed by atoms with Gasteiger partial charge in [-0.1, -0.05) is 13.8 Å². The van der Waals surface area contributed by atoms with Gasteiger partial charge in [-0.15, -0.1) is 0 Å². The maximum Gasteiger partial charge on any atom is 0.259 e. The zero-order chi connectivity index (χ0) is 19.4. The number of aromatic nitrogens is 1. The van der Waals surface area contributed by atoms with Gasteiger partial charge in [0.2, 0.25) is 11.8 Å². The summed E-state index contributed by atoms with van der Waals surface area (Å²) in [5.74, 6) is 1.64. The summed E-state index contributed by atoms with van der Waals surface area (Å²) in [4.78, 5) is 35.5. The van der Waals surface area contributed by atoms with Crippen LogP contribution in [0.2, 0.25) is 0 Å². The number of likely N-dealkylation sites (tertiary alicyclic amines) is 1. The second-order valence-corrected chi connectivity index (χ2v) is 7.87. The molecule has 2 aliphatic heterocycles. The van der Waals surface area contributed by atoms with Crippen LogP contribution >= 0.6 is 0 Å². The van der Waals surface area contributed by atoms with Gasteiger partial charge in [0, 0.05) is 45.5 Å². The summed E-state index contributed by atoms with van der Waals surface area (Å²) in [7, 11) is 1.52. The molecular weight excluding hydrogens is 344 g/mol. The highest BCUT2D eigenvalue weighted by atomic mass is 16.5. The van der Waals surface area contributed by atoms with Crippen LogP contribution in [0.25, 0.3) is 0 Å². The Balaban J connectivity index is 1.51. The zero-order valence-corrected chi connectivity index (χ0v) is 16.6. The van der Waals surface area contributed by atoms with E-state index in [1.807, 2.05) is 9.80 Å². The molecule has 2 amide bonds. The third-order valence-corrected chi connectivity index (χ3v) is 5.43. The lowest BCUT2D eigenvalue weighted by molar-refractivity contribution is -0.135. The van der Waals surface area contributed by atoms with E-state index in [-0.39, 0.29) is 11.8 Å². The van der Waals surface area contributed by atoms with Gasteiger partial charge < -0.3 is 14.5 Å². The van der Waals surface area contributed by atoms with Gasteiger partial charge in [0.25, 0.3) is 5.91 Å². The molecule has 1 aromatic heterocycles. The average Bonchev–Trinajstić information content (AvgIpc) is 2.67. The van der Waals surface area contributed by atoms with Crippen LogP contribution in [0, 0.1) is 11.8 Å². The van der Waals surface area contributed by atoms with Crippen molar-refractivity contribution >= 4 is 11.8 Å². The van der Waals surface area contributed by atoms with Gasteiger partial charge in [0.1, 0.15) is 5.56 Å². The Morgan fingerprint density at radius 2 is 1.78 bits per heavy atom. The standard InChI is InChI=1S/C20H30N4O3/c1-15-11-16(2)13-24(12-15)18(25)14-22-7-9-23(10-8-22)20(26)17-5-4-6-21-19(17)27-3/h4-6,15-16H,7-14H2,1-3H3. The van der Waals surface area contributed by atoms with Gasteiger partial charge >= 0.3 is 0 Å². The molecule has 3 rings (SSSR count). The number of methoxy groups -OCH3 is 1. The van der Waals surface area contributed by atoms with Gasteiger partial charge in [-0.25, -0.2) is 4.98 Å². The summed E-state index contributed by atoms with van der Waals surface area (Å²) < 4.78 is 5.20. The van der Waals surface area contributed by atoms with Crippen molar-refractivity contribution in [2.45, 2.75) is 20.3 Å². The smallest absolute Gasteiger partial charge is 0.259 e.